The molecule has 4 heteroatoms. The van der Waals surface area contributed by atoms with Crippen LogP contribution in [-0.2, 0) is 6.42 Å². The Bertz CT molecular complexity index is 256. The number of aromatic amines is 1. The molecule has 0 aromatic carbocycles. The molecule has 2 N–H and O–H groups in total. The van der Waals surface area contributed by atoms with Crippen LogP contribution in [0.4, 0.5) is 0 Å². The first kappa shape index (κ1) is 6.95. The second-order valence-electron chi connectivity index (χ2n) is 1.85. The van der Waals surface area contributed by atoms with Gasteiger partial charge in [0.15, 0.2) is 0 Å². The van der Waals surface area contributed by atoms with Crippen LogP contribution < -0.4 is 5.56 Å². The van der Waals surface area contributed by atoms with E-state index >= 15 is 0 Å². The molecule has 1 aromatic heterocycles. The van der Waals surface area contributed by atoms with Crippen LogP contribution in [0.1, 0.15) is 5.82 Å². The number of rotatable bonds is 2. The highest BCUT2D eigenvalue weighted by Gasteiger charge is 1.90. The lowest BCUT2D eigenvalue weighted by Crippen LogP contribution is -2.09. The van der Waals surface area contributed by atoms with Gasteiger partial charge in [-0.2, -0.15) is 0 Å². The third-order valence-corrected chi connectivity index (χ3v) is 1.07. The Hall–Kier alpha value is -1.16. The average Bonchev–Trinajstić information content (AvgIpc) is 1.88. The van der Waals surface area contributed by atoms with Crippen LogP contribution in [-0.4, -0.2) is 21.7 Å². The molecule has 0 fully saturated rings. The van der Waals surface area contributed by atoms with Crippen molar-refractivity contribution in [3.05, 3.63) is 28.4 Å². The highest BCUT2D eigenvalue weighted by Crippen LogP contribution is 1.82. The summed E-state index contributed by atoms with van der Waals surface area (Å²) in [5, 5.41) is 8.45. The van der Waals surface area contributed by atoms with Crippen LogP contribution in [0.3, 0.4) is 0 Å². The zero-order chi connectivity index (χ0) is 7.40. The third kappa shape index (κ3) is 1.66. The van der Waals surface area contributed by atoms with E-state index in [1.165, 1.54) is 12.3 Å². The molecule has 1 aromatic rings. The minimum atomic E-state index is -0.182. The van der Waals surface area contributed by atoms with Crippen LogP contribution in [0.15, 0.2) is 17.1 Å². The molecule has 0 saturated carbocycles. The Kier molecular flexibility index (Phi) is 2.17. The number of H-pyrrole nitrogens is 1. The highest BCUT2D eigenvalue weighted by molar-refractivity contribution is 4.88. The van der Waals surface area contributed by atoms with Crippen molar-refractivity contribution in [1.29, 1.82) is 0 Å². The summed E-state index contributed by atoms with van der Waals surface area (Å²) in [5.41, 5.74) is -0.182. The van der Waals surface area contributed by atoms with Crippen molar-refractivity contribution < 1.29 is 5.11 Å². The monoisotopic (exact) mass is 140 g/mol. The number of hydrogen-bond acceptors (Lipinski definition) is 3. The maximum Gasteiger partial charge on any atom is 0.250 e. The van der Waals surface area contributed by atoms with Crippen molar-refractivity contribution in [2.24, 2.45) is 0 Å². The molecule has 1 heterocycles. The number of aliphatic hydroxyl groups excluding tert-OH is 1. The molecule has 1 rings (SSSR count). The van der Waals surface area contributed by atoms with Crippen LogP contribution in [0.25, 0.3) is 0 Å². The van der Waals surface area contributed by atoms with E-state index in [-0.39, 0.29) is 12.2 Å². The lowest BCUT2D eigenvalue weighted by Gasteiger charge is -1.93. The van der Waals surface area contributed by atoms with Crippen molar-refractivity contribution in [1.82, 2.24) is 9.97 Å². The normalized spacial score (nSPS) is 9.70. The Balaban J connectivity index is 2.85. The van der Waals surface area contributed by atoms with Gasteiger partial charge in [-0.15, -0.1) is 0 Å². The van der Waals surface area contributed by atoms with Crippen molar-refractivity contribution in [2.45, 2.75) is 6.42 Å². The number of nitrogens with zero attached hydrogens (tertiary/aromatic N) is 1. The van der Waals surface area contributed by atoms with Crippen molar-refractivity contribution in [3.8, 4) is 0 Å². The van der Waals surface area contributed by atoms with E-state index in [2.05, 4.69) is 9.97 Å². The van der Waals surface area contributed by atoms with E-state index in [0.29, 0.717) is 12.2 Å². The summed E-state index contributed by atoms with van der Waals surface area (Å²) in [6, 6.07) is 1.33. The molecule has 0 aliphatic heterocycles. The zero-order valence-electron chi connectivity index (χ0n) is 5.37. The topological polar surface area (TPSA) is 66.0 Å². The predicted molar refractivity (Wildman–Crippen MR) is 35.6 cm³/mol. The fraction of sp³-hybridized carbons (Fsp3) is 0.333. The van der Waals surface area contributed by atoms with E-state index in [0.717, 1.165) is 0 Å². The summed E-state index contributed by atoms with van der Waals surface area (Å²) in [6.07, 6.45) is 1.82. The maximum absolute atomic E-state index is 10.6. The molecular weight excluding hydrogens is 132 g/mol. The van der Waals surface area contributed by atoms with Gasteiger partial charge in [0.2, 0.25) is 0 Å². The van der Waals surface area contributed by atoms with Gasteiger partial charge in [0.25, 0.3) is 5.56 Å². The fourth-order valence-electron chi connectivity index (χ4n) is 0.644. The first-order valence-corrected chi connectivity index (χ1v) is 2.98. The minimum absolute atomic E-state index is 0.00690. The molecule has 0 spiro atoms. The highest BCUT2D eigenvalue weighted by atomic mass is 16.3. The van der Waals surface area contributed by atoms with Gasteiger partial charge < -0.3 is 10.1 Å². The lowest BCUT2D eigenvalue weighted by atomic mass is 10.4. The molecule has 10 heavy (non-hydrogen) atoms. The molecule has 0 saturated heterocycles. The molecule has 0 unspecified atom stereocenters. The molecule has 0 bridgehead atoms. The van der Waals surface area contributed by atoms with Gasteiger partial charge in [-0.25, -0.2) is 4.98 Å². The Morgan fingerprint density at radius 2 is 2.50 bits per heavy atom. The number of aliphatic hydroxyl groups is 1. The Morgan fingerprint density at radius 3 is 3.10 bits per heavy atom. The summed E-state index contributed by atoms with van der Waals surface area (Å²) < 4.78 is 0. The summed E-state index contributed by atoms with van der Waals surface area (Å²) >= 11 is 0. The Labute approximate surface area is 57.6 Å². The van der Waals surface area contributed by atoms with E-state index in [1.54, 1.807) is 0 Å². The summed E-state index contributed by atoms with van der Waals surface area (Å²) in [6.45, 7) is 0.00690. The average molecular weight is 140 g/mol. The van der Waals surface area contributed by atoms with E-state index in [4.69, 9.17) is 5.11 Å². The maximum atomic E-state index is 10.6. The van der Waals surface area contributed by atoms with Gasteiger partial charge in [0.1, 0.15) is 5.82 Å². The van der Waals surface area contributed by atoms with Crippen molar-refractivity contribution in [2.75, 3.05) is 6.61 Å². The third-order valence-electron chi connectivity index (χ3n) is 1.07. The van der Waals surface area contributed by atoms with Crippen LogP contribution in [0.2, 0.25) is 0 Å². The molecule has 0 radical (unpaired) electrons. The smallest absolute Gasteiger partial charge is 0.250 e. The van der Waals surface area contributed by atoms with Crippen molar-refractivity contribution in [3.63, 3.8) is 0 Å². The minimum Gasteiger partial charge on any atom is -0.396 e. The van der Waals surface area contributed by atoms with Gasteiger partial charge in [-0.1, -0.05) is 0 Å². The molecule has 4 nitrogen and oxygen atoms in total. The van der Waals surface area contributed by atoms with E-state index < -0.39 is 0 Å². The molecular formula is C6H8N2O2. The van der Waals surface area contributed by atoms with E-state index in [9.17, 15) is 4.79 Å². The van der Waals surface area contributed by atoms with Gasteiger partial charge in [0, 0.05) is 18.7 Å². The first-order chi connectivity index (χ1) is 4.83. The van der Waals surface area contributed by atoms with Crippen LogP contribution in [0.5, 0.6) is 0 Å². The van der Waals surface area contributed by atoms with Crippen molar-refractivity contribution >= 4 is 0 Å². The quantitative estimate of drug-likeness (QED) is 0.571. The fourth-order valence-corrected chi connectivity index (χ4v) is 0.644. The van der Waals surface area contributed by atoms with Gasteiger partial charge >= 0.3 is 0 Å². The number of hydrogen-bond donors (Lipinski definition) is 2. The standard InChI is InChI=1S/C6H8N2O2/c9-4-2-5-7-3-1-6(10)8-5/h1,3,9H,2,4H2,(H,7,8,10). The van der Waals surface area contributed by atoms with Gasteiger partial charge in [-0.3, -0.25) is 4.79 Å². The summed E-state index contributed by atoms with van der Waals surface area (Å²) in [7, 11) is 0. The largest absolute Gasteiger partial charge is 0.396 e. The Morgan fingerprint density at radius 1 is 1.70 bits per heavy atom. The lowest BCUT2D eigenvalue weighted by molar-refractivity contribution is 0.296. The zero-order valence-corrected chi connectivity index (χ0v) is 5.37. The second kappa shape index (κ2) is 3.12. The molecule has 0 aliphatic rings. The second-order valence-corrected chi connectivity index (χ2v) is 1.85. The first-order valence-electron chi connectivity index (χ1n) is 2.98. The van der Waals surface area contributed by atoms with Gasteiger partial charge in [-0.05, 0) is 0 Å². The molecule has 54 valence electrons. The molecule has 0 aliphatic carbocycles. The summed E-state index contributed by atoms with van der Waals surface area (Å²) in [4.78, 5) is 16.9. The SMILES string of the molecule is O=c1ccnc(CCO)[nH]1. The summed E-state index contributed by atoms with van der Waals surface area (Å²) in [5.74, 6) is 0.523. The predicted octanol–water partition coefficient (Wildman–Crippen LogP) is -0.695. The molecule has 0 atom stereocenters. The van der Waals surface area contributed by atoms with Crippen LogP contribution >= 0.6 is 0 Å². The number of nitrogens with one attached hydrogen (secondary N) is 1. The van der Waals surface area contributed by atoms with Gasteiger partial charge in [0.05, 0.1) is 6.61 Å². The number of aromatic nitrogens is 2. The van der Waals surface area contributed by atoms with E-state index in [1.807, 2.05) is 0 Å². The molecule has 0 amide bonds. The van der Waals surface area contributed by atoms with Crippen LogP contribution in [0, 0.1) is 0 Å².